The van der Waals surface area contributed by atoms with Gasteiger partial charge >= 0.3 is 0 Å². The average Bonchev–Trinajstić information content (AvgIpc) is 2.35. The largest absolute Gasteiger partial charge is 0.390 e. The van der Waals surface area contributed by atoms with E-state index in [0.29, 0.717) is 19.4 Å². The van der Waals surface area contributed by atoms with E-state index in [1.165, 1.54) is 0 Å². The first kappa shape index (κ1) is 15.9. The lowest BCUT2D eigenvalue weighted by Crippen LogP contribution is -2.48. The second kappa shape index (κ2) is 8.86. The van der Waals surface area contributed by atoms with Crippen LogP contribution < -0.4 is 0 Å². The molecule has 0 aromatic heterocycles. The van der Waals surface area contributed by atoms with Crippen LogP contribution >= 0.6 is 0 Å². The molecule has 1 fully saturated rings. The van der Waals surface area contributed by atoms with Gasteiger partial charge in [-0.15, -0.1) is 0 Å². The third-order valence-corrected chi connectivity index (χ3v) is 3.46. The highest BCUT2D eigenvalue weighted by Crippen LogP contribution is 2.25. The Labute approximate surface area is 110 Å². The number of aliphatic hydroxyl groups excluding tert-OH is 2. The van der Waals surface area contributed by atoms with Crippen molar-refractivity contribution in [1.29, 1.82) is 0 Å². The van der Waals surface area contributed by atoms with E-state index in [-0.39, 0.29) is 12.2 Å². The van der Waals surface area contributed by atoms with Gasteiger partial charge in [-0.3, -0.25) is 0 Å². The first-order valence-corrected chi connectivity index (χ1v) is 7.28. The van der Waals surface area contributed by atoms with Crippen molar-refractivity contribution in [2.75, 3.05) is 13.2 Å². The van der Waals surface area contributed by atoms with Gasteiger partial charge in [0.05, 0.1) is 18.3 Å². The summed E-state index contributed by atoms with van der Waals surface area (Å²) < 4.78 is 11.4. The highest BCUT2D eigenvalue weighted by Gasteiger charge is 2.36. The molecule has 2 unspecified atom stereocenters. The first-order valence-electron chi connectivity index (χ1n) is 7.28. The van der Waals surface area contributed by atoms with E-state index < -0.39 is 12.2 Å². The Balaban J connectivity index is 2.34. The molecule has 4 nitrogen and oxygen atoms in total. The smallest absolute Gasteiger partial charge is 0.106 e. The van der Waals surface area contributed by atoms with Crippen molar-refractivity contribution in [2.24, 2.45) is 0 Å². The minimum absolute atomic E-state index is 0.0153. The highest BCUT2D eigenvalue weighted by atomic mass is 16.5. The molecule has 4 atom stereocenters. The van der Waals surface area contributed by atoms with Crippen LogP contribution in [0.4, 0.5) is 0 Å². The van der Waals surface area contributed by atoms with Crippen molar-refractivity contribution in [1.82, 2.24) is 0 Å². The molecule has 18 heavy (non-hydrogen) atoms. The number of aliphatic hydroxyl groups is 2. The van der Waals surface area contributed by atoms with Gasteiger partial charge in [0.1, 0.15) is 6.10 Å². The Morgan fingerprint density at radius 3 is 2.17 bits per heavy atom. The zero-order chi connectivity index (χ0) is 13.4. The van der Waals surface area contributed by atoms with Crippen LogP contribution in [0, 0.1) is 0 Å². The van der Waals surface area contributed by atoms with E-state index in [2.05, 4.69) is 13.8 Å². The fourth-order valence-electron chi connectivity index (χ4n) is 2.23. The molecule has 1 aliphatic rings. The average molecular weight is 260 g/mol. The van der Waals surface area contributed by atoms with Crippen molar-refractivity contribution in [2.45, 2.75) is 76.8 Å². The second-order valence-electron chi connectivity index (χ2n) is 5.14. The number of hydrogen-bond acceptors (Lipinski definition) is 4. The molecule has 0 aromatic rings. The maximum absolute atomic E-state index is 9.90. The Morgan fingerprint density at radius 2 is 1.56 bits per heavy atom. The Kier molecular flexibility index (Phi) is 7.82. The van der Waals surface area contributed by atoms with Crippen molar-refractivity contribution in [3.63, 3.8) is 0 Å². The van der Waals surface area contributed by atoms with Crippen LogP contribution in [0.5, 0.6) is 0 Å². The second-order valence-corrected chi connectivity index (χ2v) is 5.14. The molecule has 0 aliphatic heterocycles. The van der Waals surface area contributed by atoms with Gasteiger partial charge in [-0.05, 0) is 12.8 Å². The number of rotatable bonds is 8. The van der Waals surface area contributed by atoms with E-state index in [4.69, 9.17) is 9.47 Å². The lowest BCUT2D eigenvalue weighted by Gasteiger charge is -2.36. The molecule has 0 bridgehead atoms. The van der Waals surface area contributed by atoms with Crippen LogP contribution in [0.3, 0.4) is 0 Å². The molecule has 4 heteroatoms. The van der Waals surface area contributed by atoms with Crippen LogP contribution in [0.2, 0.25) is 0 Å². The maximum atomic E-state index is 9.90. The van der Waals surface area contributed by atoms with E-state index in [1.807, 2.05) is 0 Å². The van der Waals surface area contributed by atoms with Crippen molar-refractivity contribution in [3.05, 3.63) is 0 Å². The topological polar surface area (TPSA) is 58.9 Å². The molecule has 0 spiro atoms. The van der Waals surface area contributed by atoms with Crippen LogP contribution in [-0.4, -0.2) is 47.8 Å². The van der Waals surface area contributed by atoms with Crippen LogP contribution in [0.1, 0.15) is 52.4 Å². The lowest BCUT2D eigenvalue weighted by atomic mass is 9.89. The molecule has 0 aromatic carbocycles. The lowest BCUT2D eigenvalue weighted by molar-refractivity contribution is -0.150. The van der Waals surface area contributed by atoms with Crippen LogP contribution in [0.15, 0.2) is 0 Å². The van der Waals surface area contributed by atoms with E-state index >= 15 is 0 Å². The minimum Gasteiger partial charge on any atom is -0.390 e. The summed E-state index contributed by atoms with van der Waals surface area (Å²) in [5.41, 5.74) is 0. The van der Waals surface area contributed by atoms with Gasteiger partial charge < -0.3 is 19.7 Å². The zero-order valence-corrected chi connectivity index (χ0v) is 11.7. The van der Waals surface area contributed by atoms with Crippen molar-refractivity contribution >= 4 is 0 Å². The highest BCUT2D eigenvalue weighted by molar-refractivity contribution is 4.87. The van der Waals surface area contributed by atoms with E-state index in [9.17, 15) is 10.2 Å². The fraction of sp³-hybridized carbons (Fsp3) is 1.00. The van der Waals surface area contributed by atoms with Crippen LogP contribution in [0.25, 0.3) is 0 Å². The van der Waals surface area contributed by atoms with E-state index in [1.54, 1.807) is 0 Å². The Morgan fingerprint density at radius 1 is 0.944 bits per heavy atom. The fourth-order valence-corrected chi connectivity index (χ4v) is 2.23. The molecule has 2 N–H and O–H groups in total. The molecule has 1 rings (SSSR count). The summed E-state index contributed by atoms with van der Waals surface area (Å²) in [5.74, 6) is 0. The maximum Gasteiger partial charge on any atom is 0.106 e. The normalized spacial score (nSPS) is 32.7. The molecular weight excluding hydrogens is 232 g/mol. The summed E-state index contributed by atoms with van der Waals surface area (Å²) in [7, 11) is 0. The van der Waals surface area contributed by atoms with Crippen LogP contribution in [-0.2, 0) is 9.47 Å². The molecule has 0 radical (unpaired) electrons. The number of unbranched alkanes of at least 4 members (excludes halogenated alkanes) is 2. The van der Waals surface area contributed by atoms with Gasteiger partial charge in [0.15, 0.2) is 0 Å². The summed E-state index contributed by atoms with van der Waals surface area (Å²) in [6.45, 7) is 5.60. The van der Waals surface area contributed by atoms with Crippen molar-refractivity contribution < 1.29 is 19.7 Å². The summed E-state index contributed by atoms with van der Waals surface area (Å²) in [5, 5.41) is 19.7. The SMILES string of the molecule is CCCCOC1C[C@H](OCCCC)C[C@@H](O)C1O. The molecule has 1 saturated carbocycles. The molecule has 0 heterocycles. The first-order chi connectivity index (χ1) is 8.69. The molecule has 0 amide bonds. The van der Waals surface area contributed by atoms with Gasteiger partial charge in [-0.25, -0.2) is 0 Å². The summed E-state index contributed by atoms with van der Waals surface area (Å²) in [4.78, 5) is 0. The predicted molar refractivity (Wildman–Crippen MR) is 70.5 cm³/mol. The third kappa shape index (κ3) is 5.22. The van der Waals surface area contributed by atoms with E-state index in [0.717, 1.165) is 32.3 Å². The summed E-state index contributed by atoms with van der Waals surface area (Å²) >= 11 is 0. The zero-order valence-electron chi connectivity index (χ0n) is 11.7. The quantitative estimate of drug-likeness (QED) is 0.654. The summed E-state index contributed by atoms with van der Waals surface area (Å²) in [6, 6.07) is 0. The molecule has 108 valence electrons. The third-order valence-electron chi connectivity index (χ3n) is 3.46. The van der Waals surface area contributed by atoms with Gasteiger partial charge in [-0.1, -0.05) is 26.7 Å². The Hall–Kier alpha value is -0.160. The standard InChI is InChI=1S/C14H28O4/c1-3-5-7-17-11-9-12(15)14(16)13(10-11)18-8-6-4-2/h11-16H,3-10H2,1-2H3/t11-,12-,13?,14?/m1/s1. The minimum atomic E-state index is -0.770. The number of hydrogen-bond donors (Lipinski definition) is 2. The number of ether oxygens (including phenoxy) is 2. The molecule has 0 saturated heterocycles. The summed E-state index contributed by atoms with van der Waals surface area (Å²) in [6.07, 6.45) is 3.63. The Bertz CT molecular complexity index is 210. The molecule has 1 aliphatic carbocycles. The van der Waals surface area contributed by atoms with Gasteiger partial charge in [-0.2, -0.15) is 0 Å². The van der Waals surface area contributed by atoms with Gasteiger partial charge in [0.2, 0.25) is 0 Å². The van der Waals surface area contributed by atoms with Gasteiger partial charge in [0, 0.05) is 26.1 Å². The molecular formula is C14H28O4. The van der Waals surface area contributed by atoms with Gasteiger partial charge in [0.25, 0.3) is 0 Å². The predicted octanol–water partition coefficient (Wildman–Crippen LogP) is 1.87. The van der Waals surface area contributed by atoms with Crippen molar-refractivity contribution in [3.8, 4) is 0 Å². The monoisotopic (exact) mass is 260 g/mol.